The number of nitrogens with one attached hydrogen (secondary N) is 1. The molecule has 0 spiro atoms. The van der Waals surface area contributed by atoms with Crippen molar-refractivity contribution in [2.24, 2.45) is 11.3 Å². The summed E-state index contributed by atoms with van der Waals surface area (Å²) in [6.07, 6.45) is 2.59. The van der Waals surface area contributed by atoms with Crippen LogP contribution in [0.2, 0.25) is 0 Å². The number of rotatable bonds is 4. The minimum Gasteiger partial charge on any atom is -0.370 e. The molecule has 1 saturated heterocycles. The van der Waals surface area contributed by atoms with Gasteiger partial charge in [-0.15, -0.1) is 0 Å². The van der Waals surface area contributed by atoms with Crippen molar-refractivity contribution in [3.05, 3.63) is 29.8 Å². The van der Waals surface area contributed by atoms with Gasteiger partial charge in [0.25, 0.3) is 0 Å². The number of hydrogen-bond donors (Lipinski definition) is 1. The maximum Gasteiger partial charge on any atom is 0.0369 e. The van der Waals surface area contributed by atoms with Crippen molar-refractivity contribution >= 4 is 5.69 Å². The first kappa shape index (κ1) is 16.4. The van der Waals surface area contributed by atoms with Crippen LogP contribution >= 0.6 is 0 Å². The summed E-state index contributed by atoms with van der Waals surface area (Å²) in [6, 6.07) is 9.55. The van der Waals surface area contributed by atoms with E-state index in [2.05, 4.69) is 69.1 Å². The second kappa shape index (κ2) is 6.83. The molecule has 1 aromatic carbocycles. The first-order valence-corrected chi connectivity index (χ1v) is 8.42. The minimum absolute atomic E-state index is 0.354. The summed E-state index contributed by atoms with van der Waals surface area (Å²) in [5.41, 5.74) is 3.09. The van der Waals surface area contributed by atoms with E-state index in [1.807, 2.05) is 0 Å². The Bertz CT molecular complexity index is 447. The molecule has 0 saturated carbocycles. The average molecular weight is 288 g/mol. The van der Waals surface area contributed by atoms with E-state index in [0.717, 1.165) is 19.0 Å². The van der Waals surface area contributed by atoms with E-state index in [9.17, 15) is 0 Å². The fourth-order valence-electron chi connectivity index (χ4n) is 3.13. The van der Waals surface area contributed by atoms with Crippen LogP contribution in [-0.2, 0) is 0 Å². The molecule has 0 aliphatic carbocycles. The first-order chi connectivity index (χ1) is 9.87. The predicted molar refractivity (Wildman–Crippen MR) is 93.0 cm³/mol. The standard InChI is InChI=1S/C19H32N2/c1-6-16-11-17(20-14-19(3,4)5)13-21(12-16)18-9-7-8-15(2)10-18/h7-10,16-17,20H,6,11-14H2,1-5H3. The highest BCUT2D eigenvalue weighted by Crippen LogP contribution is 2.26. The largest absolute Gasteiger partial charge is 0.370 e. The van der Waals surface area contributed by atoms with Crippen LogP contribution in [0, 0.1) is 18.3 Å². The maximum absolute atomic E-state index is 3.80. The Kier molecular flexibility index (Phi) is 5.32. The van der Waals surface area contributed by atoms with Gasteiger partial charge in [-0.05, 0) is 42.4 Å². The van der Waals surface area contributed by atoms with Gasteiger partial charge in [-0.25, -0.2) is 0 Å². The van der Waals surface area contributed by atoms with Crippen LogP contribution in [0.1, 0.15) is 46.1 Å². The molecule has 0 bridgehead atoms. The summed E-state index contributed by atoms with van der Waals surface area (Å²) in [7, 11) is 0. The molecule has 1 aromatic rings. The Morgan fingerprint density at radius 3 is 2.62 bits per heavy atom. The monoisotopic (exact) mass is 288 g/mol. The molecule has 1 N–H and O–H groups in total. The third kappa shape index (κ3) is 5.03. The Morgan fingerprint density at radius 1 is 1.24 bits per heavy atom. The predicted octanol–water partition coefficient (Wildman–Crippen LogP) is 4.24. The zero-order valence-corrected chi connectivity index (χ0v) is 14.4. The second-order valence-electron chi connectivity index (χ2n) is 7.89. The van der Waals surface area contributed by atoms with E-state index in [1.165, 1.54) is 30.6 Å². The summed E-state index contributed by atoms with van der Waals surface area (Å²) >= 11 is 0. The molecule has 1 heterocycles. The lowest BCUT2D eigenvalue weighted by atomic mass is 9.90. The average Bonchev–Trinajstić information content (AvgIpc) is 2.44. The van der Waals surface area contributed by atoms with Gasteiger partial charge >= 0.3 is 0 Å². The second-order valence-corrected chi connectivity index (χ2v) is 7.89. The number of anilines is 1. The van der Waals surface area contributed by atoms with Crippen molar-refractivity contribution in [1.29, 1.82) is 0 Å². The third-order valence-electron chi connectivity index (χ3n) is 4.40. The van der Waals surface area contributed by atoms with Crippen molar-refractivity contribution in [2.45, 2.75) is 53.5 Å². The van der Waals surface area contributed by atoms with Crippen LogP contribution in [0.4, 0.5) is 5.69 Å². The maximum atomic E-state index is 3.80. The molecule has 2 atom stereocenters. The highest BCUT2D eigenvalue weighted by molar-refractivity contribution is 5.49. The van der Waals surface area contributed by atoms with Crippen molar-refractivity contribution in [3.8, 4) is 0 Å². The first-order valence-electron chi connectivity index (χ1n) is 8.42. The summed E-state index contributed by atoms with van der Waals surface area (Å²) in [6.45, 7) is 14.8. The molecule has 1 fully saturated rings. The number of benzene rings is 1. The molecular weight excluding hydrogens is 256 g/mol. The van der Waals surface area contributed by atoms with Crippen LogP contribution in [0.5, 0.6) is 0 Å². The molecule has 21 heavy (non-hydrogen) atoms. The fourth-order valence-corrected chi connectivity index (χ4v) is 3.13. The van der Waals surface area contributed by atoms with Crippen LogP contribution in [0.3, 0.4) is 0 Å². The lowest BCUT2D eigenvalue weighted by Gasteiger charge is -2.40. The van der Waals surface area contributed by atoms with Crippen LogP contribution < -0.4 is 10.2 Å². The van der Waals surface area contributed by atoms with Crippen LogP contribution in [0.25, 0.3) is 0 Å². The van der Waals surface area contributed by atoms with Gasteiger partial charge in [-0.1, -0.05) is 46.2 Å². The summed E-state index contributed by atoms with van der Waals surface area (Å²) in [4.78, 5) is 2.57. The highest BCUT2D eigenvalue weighted by atomic mass is 15.2. The molecule has 0 amide bonds. The number of hydrogen-bond acceptors (Lipinski definition) is 2. The number of piperidine rings is 1. The van der Waals surface area contributed by atoms with Gasteiger partial charge in [-0.3, -0.25) is 0 Å². The highest BCUT2D eigenvalue weighted by Gasteiger charge is 2.27. The van der Waals surface area contributed by atoms with Crippen LogP contribution in [-0.4, -0.2) is 25.7 Å². The van der Waals surface area contributed by atoms with Crippen LogP contribution in [0.15, 0.2) is 24.3 Å². The summed E-state index contributed by atoms with van der Waals surface area (Å²) < 4.78 is 0. The summed E-state index contributed by atoms with van der Waals surface area (Å²) in [5.74, 6) is 0.803. The number of aryl methyl sites for hydroxylation is 1. The zero-order chi connectivity index (χ0) is 15.5. The topological polar surface area (TPSA) is 15.3 Å². The van der Waals surface area contributed by atoms with Gasteiger partial charge in [0.2, 0.25) is 0 Å². The van der Waals surface area contributed by atoms with Gasteiger partial charge in [-0.2, -0.15) is 0 Å². The molecule has 2 unspecified atom stereocenters. The smallest absolute Gasteiger partial charge is 0.0369 e. The van der Waals surface area contributed by atoms with Gasteiger partial charge in [0.15, 0.2) is 0 Å². The van der Waals surface area contributed by atoms with E-state index < -0.39 is 0 Å². The van der Waals surface area contributed by atoms with Gasteiger partial charge < -0.3 is 10.2 Å². The molecule has 0 radical (unpaired) electrons. The molecule has 1 aliphatic heterocycles. The van der Waals surface area contributed by atoms with Crippen molar-refractivity contribution in [3.63, 3.8) is 0 Å². The summed E-state index contributed by atoms with van der Waals surface area (Å²) in [5, 5.41) is 3.80. The van der Waals surface area contributed by atoms with Gasteiger partial charge in [0.1, 0.15) is 0 Å². The van der Waals surface area contributed by atoms with E-state index in [-0.39, 0.29) is 0 Å². The molecular formula is C19H32N2. The zero-order valence-electron chi connectivity index (χ0n) is 14.4. The minimum atomic E-state index is 0.354. The molecule has 1 aliphatic rings. The lowest BCUT2D eigenvalue weighted by Crippen LogP contribution is -2.50. The Morgan fingerprint density at radius 2 is 2.00 bits per heavy atom. The molecule has 118 valence electrons. The van der Waals surface area contributed by atoms with Gasteiger partial charge in [0, 0.05) is 31.4 Å². The van der Waals surface area contributed by atoms with E-state index in [0.29, 0.717) is 11.5 Å². The molecule has 2 heteroatoms. The molecule has 2 rings (SSSR count). The van der Waals surface area contributed by atoms with Gasteiger partial charge in [0.05, 0.1) is 0 Å². The van der Waals surface area contributed by atoms with Crippen molar-refractivity contribution in [2.75, 3.05) is 24.5 Å². The normalized spacial score (nSPS) is 23.4. The fraction of sp³-hybridized carbons (Fsp3) is 0.684. The SMILES string of the molecule is CCC1CC(NCC(C)(C)C)CN(c2cccc(C)c2)C1. The molecule has 2 nitrogen and oxygen atoms in total. The Balaban J connectivity index is 2.05. The lowest BCUT2D eigenvalue weighted by molar-refractivity contribution is 0.287. The number of nitrogens with zero attached hydrogens (tertiary/aromatic N) is 1. The Hall–Kier alpha value is -1.02. The quantitative estimate of drug-likeness (QED) is 0.891. The molecule has 0 aromatic heterocycles. The Labute approximate surface area is 130 Å². The van der Waals surface area contributed by atoms with E-state index in [1.54, 1.807) is 0 Å². The third-order valence-corrected chi connectivity index (χ3v) is 4.40. The van der Waals surface area contributed by atoms with E-state index in [4.69, 9.17) is 0 Å². The van der Waals surface area contributed by atoms with E-state index >= 15 is 0 Å². The van der Waals surface area contributed by atoms with Crippen molar-refractivity contribution < 1.29 is 0 Å². The van der Waals surface area contributed by atoms with Crippen molar-refractivity contribution in [1.82, 2.24) is 5.32 Å².